The summed E-state index contributed by atoms with van der Waals surface area (Å²) in [5, 5.41) is 3.50. The largest absolute Gasteiger partial charge is 0.314 e. The lowest BCUT2D eigenvalue weighted by Gasteiger charge is -2.14. The van der Waals surface area contributed by atoms with Crippen molar-refractivity contribution >= 4 is 0 Å². The fourth-order valence-corrected chi connectivity index (χ4v) is 1.76. The molecule has 92 valence electrons. The zero-order valence-electron chi connectivity index (χ0n) is 11.5. The van der Waals surface area contributed by atoms with E-state index < -0.39 is 0 Å². The molecular weight excluding hydrogens is 182 g/mol. The molecule has 0 rings (SSSR count). The van der Waals surface area contributed by atoms with Crippen LogP contribution in [-0.2, 0) is 0 Å². The van der Waals surface area contributed by atoms with Crippen molar-refractivity contribution < 1.29 is 0 Å². The van der Waals surface area contributed by atoms with Gasteiger partial charge in [-0.05, 0) is 24.8 Å². The molecule has 1 unspecified atom stereocenters. The Kier molecular flexibility index (Phi) is 9.18. The Labute approximate surface area is 97.0 Å². The van der Waals surface area contributed by atoms with E-state index in [1.807, 2.05) is 0 Å². The number of rotatable bonds is 9. The maximum Gasteiger partial charge on any atom is 0.00104 e. The summed E-state index contributed by atoms with van der Waals surface area (Å²) in [6.45, 7) is 12.6. The van der Waals surface area contributed by atoms with E-state index in [1.165, 1.54) is 38.6 Å². The van der Waals surface area contributed by atoms with E-state index in [4.69, 9.17) is 0 Å². The molecule has 0 aliphatic rings. The third kappa shape index (κ3) is 11.9. The summed E-state index contributed by atoms with van der Waals surface area (Å²) in [6, 6.07) is 0.633. The maximum atomic E-state index is 3.50. The highest BCUT2D eigenvalue weighted by molar-refractivity contribution is 4.60. The molecular formula is C14H31N. The molecule has 0 aromatic heterocycles. The third-order valence-corrected chi connectivity index (χ3v) is 2.85. The van der Waals surface area contributed by atoms with E-state index in [2.05, 4.69) is 39.9 Å². The lowest BCUT2D eigenvalue weighted by Crippen LogP contribution is -2.27. The fourth-order valence-electron chi connectivity index (χ4n) is 1.76. The van der Waals surface area contributed by atoms with Crippen LogP contribution in [0.1, 0.15) is 66.7 Å². The van der Waals surface area contributed by atoms with Gasteiger partial charge < -0.3 is 5.32 Å². The van der Waals surface area contributed by atoms with Gasteiger partial charge in [-0.25, -0.2) is 0 Å². The van der Waals surface area contributed by atoms with Gasteiger partial charge in [-0.1, -0.05) is 60.3 Å². The number of unbranched alkanes of at least 4 members (excludes halogenated alkanes) is 2. The van der Waals surface area contributed by atoms with Crippen LogP contribution in [0.5, 0.6) is 0 Å². The van der Waals surface area contributed by atoms with Crippen LogP contribution in [0.15, 0.2) is 0 Å². The van der Waals surface area contributed by atoms with Gasteiger partial charge >= 0.3 is 0 Å². The lowest BCUT2D eigenvalue weighted by atomic mass is 10.00. The second-order valence-corrected chi connectivity index (χ2v) is 5.70. The van der Waals surface area contributed by atoms with E-state index in [0.717, 1.165) is 11.8 Å². The topological polar surface area (TPSA) is 12.0 Å². The van der Waals surface area contributed by atoms with E-state index in [-0.39, 0.29) is 0 Å². The highest BCUT2D eigenvalue weighted by atomic mass is 14.9. The van der Waals surface area contributed by atoms with Gasteiger partial charge in [-0.3, -0.25) is 0 Å². The Morgan fingerprint density at radius 3 is 1.93 bits per heavy atom. The van der Waals surface area contributed by atoms with Crippen LogP contribution in [0.2, 0.25) is 0 Å². The molecule has 0 saturated heterocycles. The molecule has 15 heavy (non-hydrogen) atoms. The Morgan fingerprint density at radius 2 is 1.40 bits per heavy atom. The minimum absolute atomic E-state index is 0.633. The average molecular weight is 213 g/mol. The molecule has 0 fully saturated rings. The molecule has 0 radical (unpaired) electrons. The van der Waals surface area contributed by atoms with Crippen LogP contribution in [0.4, 0.5) is 0 Å². The van der Waals surface area contributed by atoms with Crippen molar-refractivity contribution in [2.45, 2.75) is 72.8 Å². The smallest absolute Gasteiger partial charge is 0.00104 e. The monoisotopic (exact) mass is 213 g/mol. The van der Waals surface area contributed by atoms with Crippen LogP contribution in [0, 0.1) is 11.8 Å². The van der Waals surface area contributed by atoms with Crippen LogP contribution in [-0.4, -0.2) is 12.6 Å². The molecule has 0 aromatic carbocycles. The van der Waals surface area contributed by atoms with Gasteiger partial charge in [0.05, 0.1) is 0 Å². The molecule has 0 aliphatic carbocycles. The molecule has 1 heteroatoms. The van der Waals surface area contributed by atoms with Gasteiger partial charge in [0, 0.05) is 6.04 Å². The zero-order chi connectivity index (χ0) is 11.7. The fraction of sp³-hybridized carbons (Fsp3) is 1.00. The van der Waals surface area contributed by atoms with Crippen LogP contribution in [0.25, 0.3) is 0 Å². The third-order valence-electron chi connectivity index (χ3n) is 2.85. The summed E-state index contributed by atoms with van der Waals surface area (Å²) in [6.07, 6.45) is 7.04. The van der Waals surface area contributed by atoms with Crippen LogP contribution >= 0.6 is 0 Å². The molecule has 0 amide bonds. The summed E-state index contributed by atoms with van der Waals surface area (Å²) in [5.74, 6) is 1.72. The van der Waals surface area contributed by atoms with Gasteiger partial charge in [0.25, 0.3) is 0 Å². The van der Waals surface area contributed by atoms with Crippen molar-refractivity contribution in [1.82, 2.24) is 5.32 Å². The Balaban J connectivity index is 3.20. The van der Waals surface area contributed by atoms with Crippen molar-refractivity contribution in [2.75, 3.05) is 6.54 Å². The number of hydrogen-bond donors (Lipinski definition) is 1. The molecule has 0 saturated carbocycles. The normalized spacial score (nSPS) is 13.8. The first-order valence-electron chi connectivity index (χ1n) is 6.75. The van der Waals surface area contributed by atoms with Crippen LogP contribution in [0.3, 0.4) is 0 Å². The van der Waals surface area contributed by atoms with Crippen molar-refractivity contribution in [2.24, 2.45) is 11.8 Å². The van der Waals surface area contributed by atoms with Crippen molar-refractivity contribution in [3.63, 3.8) is 0 Å². The van der Waals surface area contributed by atoms with E-state index in [0.29, 0.717) is 6.04 Å². The summed E-state index contributed by atoms with van der Waals surface area (Å²) >= 11 is 0. The first kappa shape index (κ1) is 15.0. The minimum atomic E-state index is 0.633. The van der Waals surface area contributed by atoms with Crippen molar-refractivity contribution in [3.05, 3.63) is 0 Å². The number of nitrogens with one attached hydrogen (secondary N) is 1. The summed E-state index contributed by atoms with van der Waals surface area (Å²) in [7, 11) is 0. The molecule has 0 bridgehead atoms. The molecule has 1 atom stereocenters. The highest BCUT2D eigenvalue weighted by Crippen LogP contribution is 2.12. The van der Waals surface area contributed by atoms with Crippen molar-refractivity contribution in [3.8, 4) is 0 Å². The second-order valence-electron chi connectivity index (χ2n) is 5.70. The van der Waals surface area contributed by atoms with Gasteiger partial charge in [0.15, 0.2) is 0 Å². The van der Waals surface area contributed by atoms with E-state index >= 15 is 0 Å². The Hall–Kier alpha value is -0.0400. The lowest BCUT2D eigenvalue weighted by molar-refractivity contribution is 0.426. The van der Waals surface area contributed by atoms with Crippen LogP contribution < -0.4 is 5.32 Å². The molecule has 0 aromatic rings. The number of hydrogen-bond acceptors (Lipinski definition) is 1. The molecule has 1 nitrogen and oxygen atoms in total. The average Bonchev–Trinajstić information content (AvgIpc) is 2.13. The quantitative estimate of drug-likeness (QED) is 0.565. The standard InChI is InChI=1S/C14H31N/c1-12(2)9-7-6-8-10-14(5)11-15-13(3)4/h12-15H,6-11H2,1-5H3. The predicted octanol–water partition coefficient (Wildman–Crippen LogP) is 4.23. The minimum Gasteiger partial charge on any atom is -0.314 e. The zero-order valence-corrected chi connectivity index (χ0v) is 11.5. The molecule has 0 heterocycles. The van der Waals surface area contributed by atoms with Gasteiger partial charge in [0.1, 0.15) is 0 Å². The highest BCUT2D eigenvalue weighted by Gasteiger charge is 2.02. The van der Waals surface area contributed by atoms with Gasteiger partial charge in [-0.2, -0.15) is 0 Å². The Bertz CT molecular complexity index is 129. The second kappa shape index (κ2) is 9.21. The van der Waals surface area contributed by atoms with Gasteiger partial charge in [0.2, 0.25) is 0 Å². The SMILES string of the molecule is CC(C)CCCCCC(C)CNC(C)C. The molecule has 1 N–H and O–H groups in total. The molecule has 0 spiro atoms. The predicted molar refractivity (Wildman–Crippen MR) is 70.2 cm³/mol. The Morgan fingerprint density at radius 1 is 0.800 bits per heavy atom. The first-order chi connectivity index (χ1) is 7.02. The molecule has 0 aliphatic heterocycles. The summed E-state index contributed by atoms with van der Waals surface area (Å²) < 4.78 is 0. The summed E-state index contributed by atoms with van der Waals surface area (Å²) in [4.78, 5) is 0. The maximum absolute atomic E-state index is 3.50. The van der Waals surface area contributed by atoms with E-state index in [1.54, 1.807) is 0 Å². The van der Waals surface area contributed by atoms with Gasteiger partial charge in [-0.15, -0.1) is 0 Å². The van der Waals surface area contributed by atoms with E-state index in [9.17, 15) is 0 Å². The van der Waals surface area contributed by atoms with Crippen molar-refractivity contribution in [1.29, 1.82) is 0 Å². The first-order valence-corrected chi connectivity index (χ1v) is 6.75. The summed E-state index contributed by atoms with van der Waals surface area (Å²) in [5.41, 5.74) is 0.